The van der Waals surface area contributed by atoms with Gasteiger partial charge in [-0.2, -0.15) is 0 Å². The Hall–Kier alpha value is -1.88. The fourth-order valence-corrected chi connectivity index (χ4v) is 2.36. The summed E-state index contributed by atoms with van der Waals surface area (Å²) >= 11 is 0. The summed E-state index contributed by atoms with van der Waals surface area (Å²) in [5.74, 6) is -1.07. The van der Waals surface area contributed by atoms with E-state index < -0.39 is 5.97 Å². The van der Waals surface area contributed by atoms with Crippen molar-refractivity contribution in [3.63, 3.8) is 0 Å². The van der Waals surface area contributed by atoms with Gasteiger partial charge >= 0.3 is 5.97 Å². The number of amides is 1. The molecule has 5 nitrogen and oxygen atoms in total. The number of nitrogens with two attached hydrogens (primary N) is 1. The molecule has 1 aliphatic carbocycles. The summed E-state index contributed by atoms with van der Waals surface area (Å²) in [6, 6.07) is 6.49. The van der Waals surface area contributed by atoms with E-state index in [0.717, 1.165) is 25.7 Å². The predicted octanol–water partition coefficient (Wildman–Crippen LogP) is 1.84. The zero-order chi connectivity index (χ0) is 13.8. The normalized spacial score (nSPS) is 22.8. The Morgan fingerprint density at radius 2 is 1.89 bits per heavy atom. The van der Waals surface area contributed by atoms with Gasteiger partial charge in [0.15, 0.2) is 0 Å². The quantitative estimate of drug-likeness (QED) is 0.775. The first-order valence-electron chi connectivity index (χ1n) is 6.46. The number of anilines is 1. The molecule has 1 saturated carbocycles. The van der Waals surface area contributed by atoms with Gasteiger partial charge in [0, 0.05) is 17.6 Å². The van der Waals surface area contributed by atoms with Gasteiger partial charge in [-0.3, -0.25) is 4.79 Å². The molecule has 1 aromatic rings. The number of carbonyl (C=O) groups is 2. The fraction of sp³-hybridized carbons (Fsp3) is 0.429. The lowest BCUT2D eigenvalue weighted by Gasteiger charge is -2.25. The second-order valence-corrected chi connectivity index (χ2v) is 4.99. The van der Waals surface area contributed by atoms with E-state index in [1.807, 2.05) is 0 Å². The minimum Gasteiger partial charge on any atom is -0.478 e. The maximum Gasteiger partial charge on any atom is 0.335 e. The van der Waals surface area contributed by atoms with E-state index in [1.54, 1.807) is 12.1 Å². The summed E-state index contributed by atoms with van der Waals surface area (Å²) in [6.45, 7) is 0. The molecule has 0 heterocycles. The minimum atomic E-state index is -1.00. The van der Waals surface area contributed by atoms with Crippen LogP contribution in [0.1, 0.15) is 36.0 Å². The highest BCUT2D eigenvalue weighted by Crippen LogP contribution is 2.24. The van der Waals surface area contributed by atoms with Gasteiger partial charge in [0.05, 0.1) is 5.56 Å². The molecule has 2 rings (SSSR count). The molecule has 0 aromatic heterocycles. The van der Waals surface area contributed by atoms with Gasteiger partial charge in [0.2, 0.25) is 5.91 Å². The maximum absolute atomic E-state index is 12.1. The van der Waals surface area contributed by atoms with Gasteiger partial charge in [-0.1, -0.05) is 6.07 Å². The fourth-order valence-electron chi connectivity index (χ4n) is 2.36. The molecule has 19 heavy (non-hydrogen) atoms. The Labute approximate surface area is 111 Å². The molecule has 0 spiro atoms. The third-order valence-corrected chi connectivity index (χ3v) is 3.52. The highest BCUT2D eigenvalue weighted by Gasteiger charge is 2.24. The highest BCUT2D eigenvalue weighted by molar-refractivity contribution is 5.95. The molecule has 1 aliphatic rings. The summed E-state index contributed by atoms with van der Waals surface area (Å²) in [4.78, 5) is 22.9. The van der Waals surface area contributed by atoms with Crippen LogP contribution < -0.4 is 11.1 Å². The molecular weight excluding hydrogens is 244 g/mol. The van der Waals surface area contributed by atoms with Gasteiger partial charge < -0.3 is 16.2 Å². The average molecular weight is 262 g/mol. The van der Waals surface area contributed by atoms with Gasteiger partial charge in [0.25, 0.3) is 0 Å². The van der Waals surface area contributed by atoms with Crippen molar-refractivity contribution in [1.29, 1.82) is 0 Å². The van der Waals surface area contributed by atoms with Gasteiger partial charge in [-0.05, 0) is 43.9 Å². The Morgan fingerprint density at radius 1 is 1.21 bits per heavy atom. The van der Waals surface area contributed by atoms with Crippen LogP contribution in [-0.4, -0.2) is 23.0 Å². The molecule has 1 fully saturated rings. The Morgan fingerprint density at radius 3 is 2.53 bits per heavy atom. The van der Waals surface area contributed by atoms with Crippen molar-refractivity contribution in [3.8, 4) is 0 Å². The van der Waals surface area contributed by atoms with Crippen LogP contribution >= 0.6 is 0 Å². The molecule has 0 unspecified atom stereocenters. The minimum absolute atomic E-state index is 0.0201. The first-order valence-corrected chi connectivity index (χ1v) is 6.46. The molecule has 0 saturated heterocycles. The molecule has 5 heteroatoms. The van der Waals surface area contributed by atoms with Crippen molar-refractivity contribution < 1.29 is 14.7 Å². The number of benzene rings is 1. The number of hydrogen-bond acceptors (Lipinski definition) is 3. The van der Waals surface area contributed by atoms with E-state index in [-0.39, 0.29) is 23.4 Å². The van der Waals surface area contributed by atoms with Crippen molar-refractivity contribution in [3.05, 3.63) is 29.8 Å². The summed E-state index contributed by atoms with van der Waals surface area (Å²) in [6.07, 6.45) is 3.33. The Balaban J connectivity index is 1.98. The van der Waals surface area contributed by atoms with Crippen molar-refractivity contribution in [2.24, 2.45) is 11.7 Å². The molecule has 4 N–H and O–H groups in total. The number of carboxylic acid groups (broad SMARTS) is 1. The summed E-state index contributed by atoms with van der Waals surface area (Å²) in [5.41, 5.74) is 6.50. The highest BCUT2D eigenvalue weighted by atomic mass is 16.4. The van der Waals surface area contributed by atoms with E-state index in [9.17, 15) is 9.59 Å². The van der Waals surface area contributed by atoms with Crippen LogP contribution in [0.4, 0.5) is 5.69 Å². The zero-order valence-electron chi connectivity index (χ0n) is 10.6. The van der Waals surface area contributed by atoms with Crippen LogP contribution in [-0.2, 0) is 4.79 Å². The van der Waals surface area contributed by atoms with Crippen LogP contribution in [0.15, 0.2) is 24.3 Å². The Bertz CT molecular complexity index is 479. The maximum atomic E-state index is 12.1. The van der Waals surface area contributed by atoms with E-state index in [1.165, 1.54) is 12.1 Å². The first-order chi connectivity index (χ1) is 9.06. The number of aromatic carboxylic acids is 1. The summed E-state index contributed by atoms with van der Waals surface area (Å²) in [7, 11) is 0. The van der Waals surface area contributed by atoms with Crippen LogP contribution in [0, 0.1) is 5.92 Å². The summed E-state index contributed by atoms with van der Waals surface area (Å²) in [5, 5.41) is 11.7. The van der Waals surface area contributed by atoms with E-state index in [0.29, 0.717) is 5.69 Å². The number of nitrogens with one attached hydrogen (secondary N) is 1. The molecule has 0 aliphatic heterocycles. The SMILES string of the molecule is NC1CCC(C(=O)Nc2cccc(C(=O)O)c2)CC1. The van der Waals surface area contributed by atoms with E-state index >= 15 is 0 Å². The molecule has 1 aromatic carbocycles. The van der Waals surface area contributed by atoms with Crippen LogP contribution in [0.5, 0.6) is 0 Å². The molecule has 0 radical (unpaired) electrons. The average Bonchev–Trinajstić information content (AvgIpc) is 2.39. The van der Waals surface area contributed by atoms with Crippen molar-refractivity contribution in [2.75, 3.05) is 5.32 Å². The first kappa shape index (κ1) is 13.5. The third kappa shape index (κ3) is 3.54. The number of carboxylic acids is 1. The largest absolute Gasteiger partial charge is 0.478 e. The Kier molecular flexibility index (Phi) is 4.16. The number of carbonyl (C=O) groups excluding carboxylic acids is 1. The van der Waals surface area contributed by atoms with Crippen LogP contribution in [0.2, 0.25) is 0 Å². The van der Waals surface area contributed by atoms with Crippen molar-refractivity contribution >= 4 is 17.6 Å². The lowest BCUT2D eigenvalue weighted by molar-refractivity contribution is -0.120. The van der Waals surface area contributed by atoms with E-state index in [2.05, 4.69) is 5.32 Å². The zero-order valence-corrected chi connectivity index (χ0v) is 10.6. The van der Waals surface area contributed by atoms with Gasteiger partial charge in [0.1, 0.15) is 0 Å². The summed E-state index contributed by atoms with van der Waals surface area (Å²) < 4.78 is 0. The molecule has 0 bridgehead atoms. The number of rotatable bonds is 3. The molecule has 1 amide bonds. The van der Waals surface area contributed by atoms with Gasteiger partial charge in [-0.15, -0.1) is 0 Å². The molecule has 102 valence electrons. The molecular formula is C14H18N2O3. The number of hydrogen-bond donors (Lipinski definition) is 3. The smallest absolute Gasteiger partial charge is 0.335 e. The standard InChI is InChI=1S/C14H18N2O3/c15-11-6-4-9(5-7-11)13(17)16-12-3-1-2-10(8-12)14(18)19/h1-3,8-9,11H,4-7,15H2,(H,16,17)(H,18,19). The monoisotopic (exact) mass is 262 g/mol. The van der Waals surface area contributed by atoms with E-state index in [4.69, 9.17) is 10.8 Å². The van der Waals surface area contributed by atoms with Crippen LogP contribution in [0.25, 0.3) is 0 Å². The van der Waals surface area contributed by atoms with Crippen molar-refractivity contribution in [1.82, 2.24) is 0 Å². The topological polar surface area (TPSA) is 92.4 Å². The van der Waals surface area contributed by atoms with Crippen molar-refractivity contribution in [2.45, 2.75) is 31.7 Å². The molecule has 0 atom stereocenters. The third-order valence-electron chi connectivity index (χ3n) is 3.52. The lowest BCUT2D eigenvalue weighted by atomic mass is 9.86. The lowest BCUT2D eigenvalue weighted by Crippen LogP contribution is -2.32. The van der Waals surface area contributed by atoms with Crippen LogP contribution in [0.3, 0.4) is 0 Å². The second kappa shape index (κ2) is 5.84. The predicted molar refractivity (Wildman–Crippen MR) is 72.0 cm³/mol. The van der Waals surface area contributed by atoms with Gasteiger partial charge in [-0.25, -0.2) is 4.79 Å². The second-order valence-electron chi connectivity index (χ2n) is 4.99.